The highest BCUT2D eigenvalue weighted by Gasteiger charge is 2.45. The number of methoxy groups -OCH3 is 1. The molecule has 2 aliphatic rings. The van der Waals surface area contributed by atoms with Crippen molar-refractivity contribution in [2.45, 2.75) is 25.2 Å². The quantitative estimate of drug-likeness (QED) is 0.317. The van der Waals surface area contributed by atoms with Gasteiger partial charge in [0.15, 0.2) is 5.75 Å². The second-order valence-electron chi connectivity index (χ2n) is 11.3. The summed E-state index contributed by atoms with van der Waals surface area (Å²) >= 11 is 0. The lowest BCUT2D eigenvalue weighted by atomic mass is 9.86. The average Bonchev–Trinajstić information content (AvgIpc) is 3.55. The molecule has 1 amide bonds. The van der Waals surface area contributed by atoms with E-state index in [-0.39, 0.29) is 33.9 Å². The third kappa shape index (κ3) is 7.10. The van der Waals surface area contributed by atoms with Gasteiger partial charge in [0.1, 0.15) is 23.4 Å². The molecular weight excluding hydrogens is 636 g/mol. The molecule has 3 heterocycles. The van der Waals surface area contributed by atoms with Gasteiger partial charge < -0.3 is 29.7 Å². The maximum absolute atomic E-state index is 15.3. The van der Waals surface area contributed by atoms with Gasteiger partial charge in [-0.3, -0.25) is 9.10 Å². The maximum Gasteiger partial charge on any atom is 0.423 e. The average molecular weight is 669 g/mol. The van der Waals surface area contributed by atoms with Gasteiger partial charge in [0.25, 0.3) is 5.91 Å². The molecule has 2 unspecified atom stereocenters. The number of halogens is 4. The van der Waals surface area contributed by atoms with Crippen LogP contribution in [0.3, 0.4) is 0 Å². The zero-order valence-corrected chi connectivity index (χ0v) is 26.1. The molecule has 0 radical (unpaired) electrons. The number of benzene rings is 2. The molecule has 2 N–H and O–H groups in total. The van der Waals surface area contributed by atoms with Crippen molar-refractivity contribution in [2.24, 2.45) is 5.41 Å². The van der Waals surface area contributed by atoms with Crippen LogP contribution in [0.5, 0.6) is 17.4 Å². The second kappa shape index (κ2) is 12.5. The number of anilines is 3. The molecule has 2 atom stereocenters. The van der Waals surface area contributed by atoms with E-state index in [1.165, 1.54) is 38.4 Å². The van der Waals surface area contributed by atoms with Crippen LogP contribution in [0.25, 0.3) is 0 Å². The summed E-state index contributed by atoms with van der Waals surface area (Å²) in [6.45, 7) is 2.25. The molecule has 2 aromatic carbocycles. The van der Waals surface area contributed by atoms with E-state index < -0.39 is 51.5 Å². The van der Waals surface area contributed by atoms with Gasteiger partial charge in [0.05, 0.1) is 36.9 Å². The van der Waals surface area contributed by atoms with E-state index >= 15 is 4.39 Å². The van der Waals surface area contributed by atoms with Crippen LogP contribution in [-0.2, 0) is 20.9 Å². The van der Waals surface area contributed by atoms with Crippen molar-refractivity contribution in [3.8, 4) is 17.4 Å². The molecule has 2 saturated heterocycles. The standard InChI is InChI=1S/C29H32F4N6O6S/c1-38-10-9-28(15-38)13-24(44-16-28)36-25(40)17-11-23(43-3)20(12-19(17)30)35-27-34-14-18(29(31,32)33)26(37-27)45-22-8-6-5-7-21(22)39(2)46(4,41)42/h5-8,11-12,14,24H,9-10,13,15-16H2,1-4H3,(H,36,40)(H,34,35,37). The fourth-order valence-corrected chi connectivity index (χ4v) is 5.96. The number of aromatic nitrogens is 2. The number of carbonyl (C=O) groups excluding carboxylic acids is 1. The molecule has 2 fully saturated rings. The van der Waals surface area contributed by atoms with Crippen molar-refractivity contribution in [1.82, 2.24) is 20.2 Å². The Morgan fingerprint density at radius 2 is 1.96 bits per heavy atom. The first-order valence-corrected chi connectivity index (χ1v) is 15.8. The summed E-state index contributed by atoms with van der Waals surface area (Å²) in [4.78, 5) is 22.8. The predicted molar refractivity (Wildman–Crippen MR) is 159 cm³/mol. The van der Waals surface area contributed by atoms with Crippen molar-refractivity contribution in [3.63, 3.8) is 0 Å². The molecule has 3 aromatic rings. The number of hydrogen-bond acceptors (Lipinski definition) is 10. The van der Waals surface area contributed by atoms with Crippen molar-refractivity contribution in [2.75, 3.05) is 56.8 Å². The van der Waals surface area contributed by atoms with Crippen LogP contribution in [0.4, 0.5) is 34.9 Å². The number of sulfonamides is 1. The number of ether oxygens (including phenoxy) is 3. The van der Waals surface area contributed by atoms with Crippen molar-refractivity contribution in [3.05, 3.63) is 59.5 Å². The van der Waals surface area contributed by atoms with Gasteiger partial charge in [-0.2, -0.15) is 18.2 Å². The van der Waals surface area contributed by atoms with Crippen LogP contribution in [-0.4, -0.2) is 82.6 Å². The van der Waals surface area contributed by atoms with Crippen LogP contribution in [0.1, 0.15) is 28.8 Å². The molecule has 1 aromatic heterocycles. The molecule has 0 saturated carbocycles. The largest absolute Gasteiger partial charge is 0.495 e. The van der Waals surface area contributed by atoms with Gasteiger partial charge >= 0.3 is 6.18 Å². The SMILES string of the molecule is COc1cc(C(=O)NC2CC3(CCN(C)C3)CO2)c(F)cc1Nc1ncc(C(F)(F)F)c(Oc2ccccc2N(C)S(C)(=O)=O)n1. The number of nitrogens with one attached hydrogen (secondary N) is 2. The lowest BCUT2D eigenvalue weighted by molar-refractivity contribution is -0.139. The Morgan fingerprint density at radius 3 is 2.61 bits per heavy atom. The minimum Gasteiger partial charge on any atom is -0.495 e. The number of likely N-dealkylation sites (tertiary alicyclic amines) is 1. The first-order valence-electron chi connectivity index (χ1n) is 14.0. The second-order valence-corrected chi connectivity index (χ2v) is 13.3. The Labute approximate surface area is 262 Å². The highest BCUT2D eigenvalue weighted by atomic mass is 32.2. The van der Waals surface area contributed by atoms with Gasteiger partial charge in [0.2, 0.25) is 21.9 Å². The highest BCUT2D eigenvalue weighted by Crippen LogP contribution is 2.41. The van der Waals surface area contributed by atoms with Crippen molar-refractivity contribution >= 4 is 33.3 Å². The molecule has 248 valence electrons. The molecular formula is C29H32F4N6O6S. The molecule has 5 rings (SSSR count). The first kappa shape index (κ1) is 33.2. The van der Waals surface area contributed by atoms with Gasteiger partial charge in [-0.05, 0) is 38.2 Å². The Hall–Kier alpha value is -4.22. The summed E-state index contributed by atoms with van der Waals surface area (Å²) < 4.78 is 98.6. The van der Waals surface area contributed by atoms with Crippen LogP contribution in [0, 0.1) is 11.2 Å². The number of nitrogens with zero attached hydrogens (tertiary/aromatic N) is 4. The molecule has 2 aliphatic heterocycles. The summed E-state index contributed by atoms with van der Waals surface area (Å²) in [5.74, 6) is -3.32. The van der Waals surface area contributed by atoms with E-state index in [9.17, 15) is 26.4 Å². The number of alkyl halides is 3. The van der Waals surface area contributed by atoms with Gasteiger partial charge in [-0.25, -0.2) is 17.8 Å². The Bertz CT molecular complexity index is 1740. The topological polar surface area (TPSA) is 135 Å². The maximum atomic E-state index is 15.3. The molecule has 46 heavy (non-hydrogen) atoms. The lowest BCUT2D eigenvalue weighted by Gasteiger charge is -2.21. The van der Waals surface area contributed by atoms with E-state index in [1.54, 1.807) is 0 Å². The van der Waals surface area contributed by atoms with Crippen LogP contribution >= 0.6 is 0 Å². The molecule has 1 spiro atoms. The Balaban J connectivity index is 1.39. The molecule has 0 aliphatic carbocycles. The van der Waals surface area contributed by atoms with Crippen LogP contribution < -0.4 is 24.4 Å². The van der Waals surface area contributed by atoms with Crippen molar-refractivity contribution < 1.29 is 45.0 Å². The van der Waals surface area contributed by atoms with Crippen LogP contribution in [0.15, 0.2) is 42.6 Å². The summed E-state index contributed by atoms with van der Waals surface area (Å²) in [7, 11) is 0.696. The van der Waals surface area contributed by atoms with E-state index in [0.717, 1.165) is 42.2 Å². The molecule has 17 heteroatoms. The molecule has 0 bridgehead atoms. The van der Waals surface area contributed by atoms with E-state index in [1.807, 2.05) is 7.05 Å². The Morgan fingerprint density at radius 1 is 1.22 bits per heavy atom. The predicted octanol–water partition coefficient (Wildman–Crippen LogP) is 4.37. The number of carbonyl (C=O) groups is 1. The number of para-hydroxylation sites is 2. The highest BCUT2D eigenvalue weighted by molar-refractivity contribution is 7.92. The van der Waals surface area contributed by atoms with E-state index in [2.05, 4.69) is 25.5 Å². The number of rotatable bonds is 9. The van der Waals surface area contributed by atoms with Crippen molar-refractivity contribution in [1.29, 1.82) is 0 Å². The van der Waals surface area contributed by atoms with Crippen LogP contribution in [0.2, 0.25) is 0 Å². The molecule has 12 nitrogen and oxygen atoms in total. The van der Waals surface area contributed by atoms with Gasteiger partial charge in [0, 0.05) is 37.7 Å². The fraction of sp³-hybridized carbons (Fsp3) is 0.414. The summed E-state index contributed by atoms with van der Waals surface area (Å²) in [6.07, 6.45) is -2.63. The first-order chi connectivity index (χ1) is 21.6. The number of amides is 1. The Kier molecular flexibility index (Phi) is 9.03. The minimum absolute atomic E-state index is 0.0288. The third-order valence-corrected chi connectivity index (χ3v) is 9.07. The summed E-state index contributed by atoms with van der Waals surface area (Å²) in [5, 5.41) is 5.32. The zero-order chi connectivity index (χ0) is 33.4. The van der Waals surface area contributed by atoms with E-state index in [4.69, 9.17) is 14.2 Å². The lowest BCUT2D eigenvalue weighted by Crippen LogP contribution is -2.35. The minimum atomic E-state index is -4.94. The normalized spacial score (nSPS) is 20.1. The summed E-state index contributed by atoms with van der Waals surface area (Å²) in [5.41, 5.74) is -1.88. The monoisotopic (exact) mass is 668 g/mol. The fourth-order valence-electron chi connectivity index (χ4n) is 5.45. The van der Waals surface area contributed by atoms with Gasteiger partial charge in [-0.1, -0.05) is 12.1 Å². The summed E-state index contributed by atoms with van der Waals surface area (Å²) in [6, 6.07) is 7.61. The number of hydrogen-bond donors (Lipinski definition) is 2. The van der Waals surface area contributed by atoms with E-state index in [0.29, 0.717) is 19.2 Å². The smallest absolute Gasteiger partial charge is 0.423 e. The third-order valence-electron chi connectivity index (χ3n) is 7.88. The van der Waals surface area contributed by atoms with Gasteiger partial charge in [-0.15, -0.1) is 0 Å². The zero-order valence-electron chi connectivity index (χ0n) is 25.3.